The van der Waals surface area contributed by atoms with Crippen LogP contribution in [0.15, 0.2) is 0 Å². The molecule has 17 heavy (non-hydrogen) atoms. The predicted octanol–water partition coefficient (Wildman–Crippen LogP) is 1.22. The molecule has 0 unspecified atom stereocenters. The van der Waals surface area contributed by atoms with Crippen LogP contribution in [-0.2, 0) is 4.74 Å². The van der Waals surface area contributed by atoms with Crippen molar-refractivity contribution in [1.29, 1.82) is 0 Å². The highest BCUT2D eigenvalue weighted by molar-refractivity contribution is 7.80. The summed E-state index contributed by atoms with van der Waals surface area (Å²) >= 11 is 5.17. The van der Waals surface area contributed by atoms with Crippen LogP contribution in [0.25, 0.3) is 0 Å². The van der Waals surface area contributed by atoms with Crippen LogP contribution >= 0.6 is 12.2 Å². The highest BCUT2D eigenvalue weighted by atomic mass is 32.1. The van der Waals surface area contributed by atoms with Gasteiger partial charge < -0.3 is 20.3 Å². The summed E-state index contributed by atoms with van der Waals surface area (Å²) in [6.45, 7) is 12.9. The molecule has 0 aliphatic heterocycles. The number of hydrogen-bond acceptors (Lipinski definition) is 3. The highest BCUT2D eigenvalue weighted by Gasteiger charge is 1.99. The summed E-state index contributed by atoms with van der Waals surface area (Å²) in [4.78, 5) is 2.37. The minimum atomic E-state index is 0.744. The summed E-state index contributed by atoms with van der Waals surface area (Å²) in [7, 11) is 0. The molecule has 0 aliphatic carbocycles. The third kappa shape index (κ3) is 10.5. The molecule has 0 amide bonds. The summed E-state index contributed by atoms with van der Waals surface area (Å²) < 4.78 is 5.25. The Morgan fingerprint density at radius 2 is 1.76 bits per heavy atom. The lowest BCUT2D eigenvalue weighted by atomic mass is 10.4. The van der Waals surface area contributed by atoms with Crippen LogP contribution in [0.1, 0.15) is 27.2 Å². The quantitative estimate of drug-likeness (QED) is 0.457. The Bertz CT molecular complexity index is 187. The normalized spacial score (nSPS) is 10.6. The first kappa shape index (κ1) is 16.6. The molecule has 102 valence electrons. The van der Waals surface area contributed by atoms with E-state index in [0.29, 0.717) is 0 Å². The molecule has 2 N–H and O–H groups in total. The van der Waals surface area contributed by atoms with Gasteiger partial charge in [0, 0.05) is 32.8 Å². The van der Waals surface area contributed by atoms with Gasteiger partial charge >= 0.3 is 0 Å². The second-order valence-corrected chi connectivity index (χ2v) is 4.17. The Labute approximate surface area is 111 Å². The standard InChI is InChI=1S/C12H27N3OS/c1-4-15(5-2)10-9-14-12(17)13-8-7-11-16-6-3/h4-11H2,1-3H3,(H2,13,14,17). The van der Waals surface area contributed by atoms with E-state index in [1.165, 1.54) is 0 Å². The zero-order valence-corrected chi connectivity index (χ0v) is 12.2. The molecule has 0 bridgehead atoms. The first-order valence-corrected chi connectivity index (χ1v) is 6.97. The topological polar surface area (TPSA) is 36.5 Å². The molecule has 0 fully saturated rings. The zero-order valence-electron chi connectivity index (χ0n) is 11.4. The maximum atomic E-state index is 5.25. The molecule has 0 atom stereocenters. The van der Waals surface area contributed by atoms with E-state index in [1.807, 2.05) is 6.92 Å². The monoisotopic (exact) mass is 261 g/mol. The maximum Gasteiger partial charge on any atom is 0.166 e. The fourth-order valence-corrected chi connectivity index (χ4v) is 1.65. The van der Waals surface area contributed by atoms with Crippen molar-refractivity contribution < 1.29 is 4.74 Å². The number of nitrogens with zero attached hydrogens (tertiary/aromatic N) is 1. The van der Waals surface area contributed by atoms with Gasteiger partial charge in [-0.05, 0) is 38.7 Å². The Balaban J connectivity index is 3.34. The Kier molecular flexibility index (Phi) is 11.8. The van der Waals surface area contributed by atoms with E-state index in [4.69, 9.17) is 17.0 Å². The van der Waals surface area contributed by atoms with Gasteiger partial charge in [0.1, 0.15) is 0 Å². The summed E-state index contributed by atoms with van der Waals surface area (Å²) in [6, 6.07) is 0. The van der Waals surface area contributed by atoms with E-state index in [9.17, 15) is 0 Å². The average Bonchev–Trinajstić information content (AvgIpc) is 2.34. The van der Waals surface area contributed by atoms with Crippen molar-refractivity contribution in [3.63, 3.8) is 0 Å². The number of nitrogens with one attached hydrogen (secondary N) is 2. The van der Waals surface area contributed by atoms with Crippen LogP contribution < -0.4 is 10.6 Å². The van der Waals surface area contributed by atoms with Crippen molar-refractivity contribution in [3.8, 4) is 0 Å². The van der Waals surface area contributed by atoms with Crippen LogP contribution in [-0.4, -0.2) is 55.9 Å². The van der Waals surface area contributed by atoms with Crippen molar-refractivity contribution in [2.24, 2.45) is 0 Å². The molecule has 0 radical (unpaired) electrons. The number of thiocarbonyl (C=S) groups is 1. The summed E-state index contributed by atoms with van der Waals surface area (Å²) in [5.41, 5.74) is 0. The van der Waals surface area contributed by atoms with Crippen molar-refractivity contribution in [1.82, 2.24) is 15.5 Å². The van der Waals surface area contributed by atoms with Crippen LogP contribution in [0.5, 0.6) is 0 Å². The van der Waals surface area contributed by atoms with Crippen LogP contribution in [0.3, 0.4) is 0 Å². The molecule has 0 saturated heterocycles. The lowest BCUT2D eigenvalue weighted by molar-refractivity contribution is 0.145. The van der Waals surface area contributed by atoms with Crippen LogP contribution in [0.2, 0.25) is 0 Å². The molecular formula is C12H27N3OS. The Hall–Kier alpha value is -0.390. The van der Waals surface area contributed by atoms with Gasteiger partial charge in [0.25, 0.3) is 0 Å². The second-order valence-electron chi connectivity index (χ2n) is 3.76. The number of ether oxygens (including phenoxy) is 1. The minimum Gasteiger partial charge on any atom is -0.382 e. The molecule has 5 heteroatoms. The van der Waals surface area contributed by atoms with Crippen LogP contribution in [0, 0.1) is 0 Å². The van der Waals surface area contributed by atoms with E-state index >= 15 is 0 Å². The molecule has 0 aliphatic rings. The van der Waals surface area contributed by atoms with Gasteiger partial charge in [-0.1, -0.05) is 13.8 Å². The molecule has 4 nitrogen and oxygen atoms in total. The van der Waals surface area contributed by atoms with Gasteiger partial charge in [-0.2, -0.15) is 0 Å². The maximum absolute atomic E-state index is 5.25. The first-order valence-electron chi connectivity index (χ1n) is 6.56. The minimum absolute atomic E-state index is 0.744. The number of rotatable bonds is 10. The van der Waals surface area contributed by atoms with E-state index in [1.54, 1.807) is 0 Å². The fraction of sp³-hybridized carbons (Fsp3) is 0.917. The van der Waals surface area contributed by atoms with E-state index < -0.39 is 0 Å². The second kappa shape index (κ2) is 12.1. The number of hydrogen-bond donors (Lipinski definition) is 2. The molecule has 0 aromatic heterocycles. The van der Waals surface area contributed by atoms with Crippen molar-refractivity contribution in [2.45, 2.75) is 27.2 Å². The smallest absolute Gasteiger partial charge is 0.166 e. The summed E-state index contributed by atoms with van der Waals surface area (Å²) in [6.07, 6.45) is 0.992. The zero-order chi connectivity index (χ0) is 12.9. The van der Waals surface area contributed by atoms with E-state index in [-0.39, 0.29) is 0 Å². The lowest BCUT2D eigenvalue weighted by Crippen LogP contribution is -2.40. The summed E-state index contributed by atoms with van der Waals surface area (Å²) in [5.74, 6) is 0. The average molecular weight is 261 g/mol. The fourth-order valence-electron chi connectivity index (χ4n) is 1.45. The van der Waals surface area contributed by atoms with Gasteiger partial charge in [0.2, 0.25) is 0 Å². The molecule has 0 spiro atoms. The molecule has 0 heterocycles. The van der Waals surface area contributed by atoms with Gasteiger partial charge in [-0.25, -0.2) is 0 Å². The van der Waals surface area contributed by atoms with Crippen molar-refractivity contribution in [2.75, 3.05) is 45.9 Å². The molecule has 0 rings (SSSR count). The summed E-state index contributed by atoms with van der Waals surface area (Å²) in [5, 5.41) is 7.13. The molecule has 0 saturated carbocycles. The lowest BCUT2D eigenvalue weighted by Gasteiger charge is -2.18. The first-order chi connectivity index (χ1) is 8.24. The SMILES string of the molecule is CCOCCCNC(=S)NCCN(CC)CC. The van der Waals surface area contributed by atoms with Gasteiger partial charge in [0.05, 0.1) is 0 Å². The highest BCUT2D eigenvalue weighted by Crippen LogP contribution is 1.84. The molecular weight excluding hydrogens is 234 g/mol. The number of likely N-dealkylation sites (N-methyl/N-ethyl adjacent to an activating group) is 1. The largest absolute Gasteiger partial charge is 0.382 e. The van der Waals surface area contributed by atoms with Crippen molar-refractivity contribution in [3.05, 3.63) is 0 Å². The third-order valence-electron chi connectivity index (χ3n) is 2.56. The van der Waals surface area contributed by atoms with Crippen molar-refractivity contribution >= 4 is 17.3 Å². The molecule has 0 aromatic carbocycles. The van der Waals surface area contributed by atoms with Gasteiger partial charge in [-0.3, -0.25) is 0 Å². The van der Waals surface area contributed by atoms with E-state index in [2.05, 4.69) is 29.4 Å². The van der Waals surface area contributed by atoms with Gasteiger partial charge in [0.15, 0.2) is 5.11 Å². The predicted molar refractivity (Wildman–Crippen MR) is 77.5 cm³/mol. The van der Waals surface area contributed by atoms with E-state index in [0.717, 1.165) is 57.5 Å². The molecule has 0 aromatic rings. The Morgan fingerprint density at radius 3 is 2.35 bits per heavy atom. The Morgan fingerprint density at radius 1 is 1.12 bits per heavy atom. The third-order valence-corrected chi connectivity index (χ3v) is 2.85. The van der Waals surface area contributed by atoms with Gasteiger partial charge in [-0.15, -0.1) is 0 Å². The van der Waals surface area contributed by atoms with Crippen LogP contribution in [0.4, 0.5) is 0 Å².